The zero-order valence-electron chi connectivity index (χ0n) is 9.73. The third-order valence-electron chi connectivity index (χ3n) is 2.79. The lowest BCUT2D eigenvalue weighted by molar-refractivity contribution is 0.647. The molecule has 1 aromatic rings. The SMILES string of the molecule is CC1(C)CN(c2ccccc2C#N)CCS1. The van der Waals surface area contributed by atoms with Gasteiger partial charge in [0.25, 0.3) is 0 Å². The molecule has 3 heteroatoms. The third kappa shape index (κ3) is 2.33. The van der Waals surface area contributed by atoms with E-state index in [1.165, 1.54) is 0 Å². The maximum atomic E-state index is 9.10. The average molecular weight is 232 g/mol. The van der Waals surface area contributed by atoms with Crippen molar-refractivity contribution in [1.29, 1.82) is 5.26 Å². The Morgan fingerprint density at radius 2 is 2.12 bits per heavy atom. The van der Waals surface area contributed by atoms with E-state index in [2.05, 4.69) is 24.8 Å². The largest absolute Gasteiger partial charge is 0.368 e. The molecule has 0 unspecified atom stereocenters. The van der Waals surface area contributed by atoms with E-state index in [9.17, 15) is 0 Å². The van der Waals surface area contributed by atoms with Crippen LogP contribution in [0.5, 0.6) is 0 Å². The molecule has 2 rings (SSSR count). The van der Waals surface area contributed by atoms with Crippen molar-refractivity contribution in [3.63, 3.8) is 0 Å². The fraction of sp³-hybridized carbons (Fsp3) is 0.462. The number of anilines is 1. The van der Waals surface area contributed by atoms with E-state index in [4.69, 9.17) is 5.26 Å². The van der Waals surface area contributed by atoms with Crippen molar-refractivity contribution in [3.8, 4) is 6.07 Å². The molecule has 0 spiro atoms. The first-order chi connectivity index (χ1) is 7.62. The van der Waals surface area contributed by atoms with E-state index in [0.29, 0.717) is 0 Å². The van der Waals surface area contributed by atoms with Crippen LogP contribution in [0, 0.1) is 11.3 Å². The second kappa shape index (κ2) is 4.39. The Bertz CT molecular complexity index is 420. The Hall–Kier alpha value is -1.14. The van der Waals surface area contributed by atoms with Crippen molar-refractivity contribution in [2.24, 2.45) is 0 Å². The number of rotatable bonds is 1. The molecule has 16 heavy (non-hydrogen) atoms. The summed E-state index contributed by atoms with van der Waals surface area (Å²) in [5.41, 5.74) is 1.86. The molecule has 1 aromatic carbocycles. The van der Waals surface area contributed by atoms with Crippen molar-refractivity contribution < 1.29 is 0 Å². The van der Waals surface area contributed by atoms with Crippen molar-refractivity contribution in [2.75, 3.05) is 23.7 Å². The summed E-state index contributed by atoms with van der Waals surface area (Å²) in [5.74, 6) is 1.13. The molecule has 0 N–H and O–H groups in total. The quantitative estimate of drug-likeness (QED) is 0.745. The van der Waals surface area contributed by atoms with Gasteiger partial charge in [-0.3, -0.25) is 0 Å². The Kier molecular flexibility index (Phi) is 3.11. The van der Waals surface area contributed by atoms with Crippen molar-refractivity contribution in [3.05, 3.63) is 29.8 Å². The summed E-state index contributed by atoms with van der Waals surface area (Å²) < 4.78 is 0.279. The highest BCUT2D eigenvalue weighted by Crippen LogP contribution is 2.33. The van der Waals surface area contributed by atoms with E-state index in [0.717, 1.165) is 30.1 Å². The second-order valence-electron chi connectivity index (χ2n) is 4.66. The van der Waals surface area contributed by atoms with Gasteiger partial charge in [-0.05, 0) is 26.0 Å². The summed E-state index contributed by atoms with van der Waals surface area (Å²) in [5, 5.41) is 9.10. The lowest BCUT2D eigenvalue weighted by Crippen LogP contribution is -2.43. The third-order valence-corrected chi connectivity index (χ3v) is 4.09. The average Bonchev–Trinajstić information content (AvgIpc) is 2.27. The number of hydrogen-bond acceptors (Lipinski definition) is 3. The molecule has 0 saturated carbocycles. The summed E-state index contributed by atoms with van der Waals surface area (Å²) in [6.45, 7) is 6.57. The van der Waals surface area contributed by atoms with Crippen molar-refractivity contribution >= 4 is 17.4 Å². The molecule has 0 bridgehead atoms. The Balaban J connectivity index is 2.27. The predicted molar refractivity (Wildman–Crippen MR) is 69.9 cm³/mol. The molecule has 84 valence electrons. The van der Waals surface area contributed by atoms with Crippen LogP contribution in [0.3, 0.4) is 0 Å². The topological polar surface area (TPSA) is 27.0 Å². The van der Waals surface area contributed by atoms with Gasteiger partial charge in [-0.15, -0.1) is 0 Å². The minimum atomic E-state index is 0.279. The van der Waals surface area contributed by atoms with Crippen LogP contribution in [0.15, 0.2) is 24.3 Å². The van der Waals surface area contributed by atoms with Crippen LogP contribution in [0.25, 0.3) is 0 Å². The number of para-hydroxylation sites is 1. The first-order valence-electron chi connectivity index (χ1n) is 5.50. The van der Waals surface area contributed by atoms with Crippen molar-refractivity contribution in [2.45, 2.75) is 18.6 Å². The highest BCUT2D eigenvalue weighted by Gasteiger charge is 2.27. The molecular formula is C13H16N2S. The number of nitrogens with zero attached hydrogens (tertiary/aromatic N) is 2. The van der Waals surface area contributed by atoms with Crippen LogP contribution in [0.2, 0.25) is 0 Å². The maximum absolute atomic E-state index is 9.10. The van der Waals surface area contributed by atoms with Gasteiger partial charge in [0.05, 0.1) is 11.3 Å². The van der Waals surface area contributed by atoms with Gasteiger partial charge in [0.1, 0.15) is 6.07 Å². The predicted octanol–water partition coefficient (Wildman–Crippen LogP) is 2.89. The number of benzene rings is 1. The van der Waals surface area contributed by atoms with E-state index in [-0.39, 0.29) is 4.75 Å². The van der Waals surface area contributed by atoms with E-state index in [1.54, 1.807) is 0 Å². The fourth-order valence-corrected chi connectivity index (χ4v) is 3.18. The summed E-state index contributed by atoms with van der Waals surface area (Å²) in [6.07, 6.45) is 0. The van der Waals surface area contributed by atoms with Crippen LogP contribution in [-0.2, 0) is 0 Å². The summed E-state index contributed by atoms with van der Waals surface area (Å²) >= 11 is 2.01. The summed E-state index contributed by atoms with van der Waals surface area (Å²) in [6, 6.07) is 10.1. The lowest BCUT2D eigenvalue weighted by Gasteiger charge is -2.39. The normalized spacial score (nSPS) is 19.2. The molecule has 0 atom stereocenters. The van der Waals surface area contributed by atoms with Crippen LogP contribution in [-0.4, -0.2) is 23.6 Å². The molecule has 1 fully saturated rings. The minimum absolute atomic E-state index is 0.279. The monoisotopic (exact) mass is 232 g/mol. The Morgan fingerprint density at radius 1 is 1.38 bits per heavy atom. The standard InChI is InChI=1S/C13H16N2S/c1-13(2)10-15(7-8-16-13)12-6-4-3-5-11(12)9-14/h3-6H,7-8,10H2,1-2H3. The molecule has 0 amide bonds. The highest BCUT2D eigenvalue weighted by atomic mass is 32.2. The Labute approximate surface area is 101 Å². The fourth-order valence-electron chi connectivity index (χ4n) is 2.07. The van der Waals surface area contributed by atoms with Crippen LogP contribution in [0.1, 0.15) is 19.4 Å². The van der Waals surface area contributed by atoms with Gasteiger partial charge >= 0.3 is 0 Å². The van der Waals surface area contributed by atoms with E-state index >= 15 is 0 Å². The van der Waals surface area contributed by atoms with Gasteiger partial charge in [-0.2, -0.15) is 17.0 Å². The zero-order valence-corrected chi connectivity index (χ0v) is 10.5. The molecule has 0 radical (unpaired) electrons. The van der Waals surface area contributed by atoms with Crippen LogP contribution < -0.4 is 4.90 Å². The zero-order chi connectivity index (χ0) is 11.6. The van der Waals surface area contributed by atoms with Gasteiger partial charge in [0, 0.05) is 23.6 Å². The van der Waals surface area contributed by atoms with Crippen molar-refractivity contribution in [1.82, 2.24) is 0 Å². The smallest absolute Gasteiger partial charge is 0.101 e. The van der Waals surface area contributed by atoms with Gasteiger partial charge < -0.3 is 4.90 Å². The van der Waals surface area contributed by atoms with Crippen LogP contribution in [0.4, 0.5) is 5.69 Å². The summed E-state index contributed by atoms with van der Waals surface area (Å²) in [4.78, 5) is 2.33. The minimum Gasteiger partial charge on any atom is -0.368 e. The molecule has 1 aliphatic heterocycles. The van der Waals surface area contributed by atoms with Crippen LogP contribution >= 0.6 is 11.8 Å². The molecule has 1 aliphatic rings. The lowest BCUT2D eigenvalue weighted by atomic mass is 10.1. The molecule has 2 nitrogen and oxygen atoms in total. The second-order valence-corrected chi connectivity index (χ2v) is 6.46. The number of thioether (sulfide) groups is 1. The molecule has 0 aliphatic carbocycles. The number of hydrogen-bond donors (Lipinski definition) is 0. The molecule has 1 heterocycles. The summed E-state index contributed by atoms with van der Waals surface area (Å²) in [7, 11) is 0. The molecule has 0 aromatic heterocycles. The highest BCUT2D eigenvalue weighted by molar-refractivity contribution is 8.00. The first-order valence-corrected chi connectivity index (χ1v) is 6.49. The molecular weight excluding hydrogens is 216 g/mol. The Morgan fingerprint density at radius 3 is 2.81 bits per heavy atom. The van der Waals surface area contributed by atoms with Gasteiger partial charge in [0.2, 0.25) is 0 Å². The van der Waals surface area contributed by atoms with Gasteiger partial charge in [-0.1, -0.05) is 12.1 Å². The van der Waals surface area contributed by atoms with E-state index in [1.807, 2.05) is 36.0 Å². The van der Waals surface area contributed by atoms with E-state index < -0.39 is 0 Å². The first kappa shape index (κ1) is 11.3. The van der Waals surface area contributed by atoms with Gasteiger partial charge in [0.15, 0.2) is 0 Å². The maximum Gasteiger partial charge on any atom is 0.101 e. The van der Waals surface area contributed by atoms with Gasteiger partial charge in [-0.25, -0.2) is 0 Å². The molecule has 1 saturated heterocycles. The number of nitriles is 1.